The minimum Gasteiger partial charge on any atom is -0.480 e. The summed E-state index contributed by atoms with van der Waals surface area (Å²) in [6.07, 6.45) is 0.243. The van der Waals surface area contributed by atoms with Gasteiger partial charge >= 0.3 is 5.97 Å². The Bertz CT molecular complexity index is 606. The van der Waals surface area contributed by atoms with Crippen LogP contribution in [0.3, 0.4) is 0 Å². The smallest absolute Gasteiger partial charge is 0.325 e. The molecule has 1 unspecified atom stereocenters. The summed E-state index contributed by atoms with van der Waals surface area (Å²) in [7, 11) is 0. The number of hydrogen-bond acceptors (Lipinski definition) is 2. The van der Waals surface area contributed by atoms with Crippen molar-refractivity contribution >= 4 is 5.97 Å². The molecule has 2 aromatic rings. The Labute approximate surface area is 124 Å². The van der Waals surface area contributed by atoms with E-state index >= 15 is 0 Å². The topological polar surface area (TPSA) is 61.1 Å². The highest BCUT2D eigenvalue weighted by molar-refractivity contribution is 5.80. The fourth-order valence-electron chi connectivity index (χ4n) is 2.72. The summed E-state index contributed by atoms with van der Waals surface area (Å²) >= 11 is 0. The van der Waals surface area contributed by atoms with Crippen LogP contribution in [0.2, 0.25) is 0 Å². The molecule has 0 amide bonds. The lowest BCUT2D eigenvalue weighted by atomic mass is 9.68. The van der Waals surface area contributed by atoms with Gasteiger partial charge in [0.2, 0.25) is 0 Å². The van der Waals surface area contributed by atoms with E-state index in [4.69, 9.17) is 0 Å². The molecule has 1 N–H and O–H groups in total. The second-order valence-corrected chi connectivity index (χ2v) is 5.00. The van der Waals surface area contributed by atoms with Crippen LogP contribution >= 0.6 is 0 Å². The fraction of sp³-hybridized carbons (Fsp3) is 0.222. The van der Waals surface area contributed by atoms with E-state index in [2.05, 4.69) is 6.07 Å². The molecule has 3 nitrogen and oxygen atoms in total. The van der Waals surface area contributed by atoms with E-state index in [0.717, 1.165) is 11.1 Å². The maximum atomic E-state index is 11.8. The number of carbonyl (C=O) groups is 1. The second-order valence-electron chi connectivity index (χ2n) is 5.00. The SMILES string of the molecule is CCC(C#N)(C(=O)O)C(c1ccccc1)c1ccccc1. The lowest BCUT2D eigenvalue weighted by Crippen LogP contribution is -2.36. The standard InChI is InChI=1S/C18H17NO2/c1-2-18(13-19,17(20)21)16(14-9-5-3-6-10-14)15-11-7-4-8-12-15/h3-12,16H,2H2,1H3,(H,20,21). The normalized spacial score (nSPS) is 13.4. The third-order valence-electron chi connectivity index (χ3n) is 3.90. The number of nitriles is 1. The van der Waals surface area contributed by atoms with Gasteiger partial charge in [-0.25, -0.2) is 0 Å². The molecule has 21 heavy (non-hydrogen) atoms. The zero-order chi connectivity index (χ0) is 15.3. The summed E-state index contributed by atoms with van der Waals surface area (Å²) in [5, 5.41) is 19.3. The zero-order valence-corrected chi connectivity index (χ0v) is 11.9. The van der Waals surface area contributed by atoms with Crippen molar-refractivity contribution in [2.24, 2.45) is 5.41 Å². The molecule has 3 heteroatoms. The number of nitrogens with zero attached hydrogens (tertiary/aromatic N) is 1. The Balaban J connectivity index is 2.67. The predicted molar refractivity (Wildman–Crippen MR) is 80.7 cm³/mol. The lowest BCUT2D eigenvalue weighted by Gasteiger charge is -2.31. The van der Waals surface area contributed by atoms with Crippen LogP contribution in [0.4, 0.5) is 0 Å². The molecule has 106 valence electrons. The second kappa shape index (κ2) is 6.23. The lowest BCUT2D eigenvalue weighted by molar-refractivity contribution is -0.146. The zero-order valence-electron chi connectivity index (χ0n) is 11.9. The number of hydrogen-bond donors (Lipinski definition) is 1. The largest absolute Gasteiger partial charge is 0.480 e. The number of rotatable bonds is 5. The van der Waals surface area contributed by atoms with E-state index in [-0.39, 0.29) is 6.42 Å². The number of benzene rings is 2. The van der Waals surface area contributed by atoms with E-state index in [0.29, 0.717) is 0 Å². The highest BCUT2D eigenvalue weighted by Gasteiger charge is 2.46. The van der Waals surface area contributed by atoms with Crippen molar-refractivity contribution in [1.82, 2.24) is 0 Å². The van der Waals surface area contributed by atoms with Gasteiger partial charge in [-0.05, 0) is 17.5 Å². The molecule has 0 aromatic heterocycles. The summed E-state index contributed by atoms with van der Waals surface area (Å²) in [4.78, 5) is 11.8. The van der Waals surface area contributed by atoms with E-state index in [1.165, 1.54) is 0 Å². The summed E-state index contributed by atoms with van der Waals surface area (Å²) in [6.45, 7) is 1.75. The van der Waals surface area contributed by atoms with E-state index < -0.39 is 17.3 Å². The first-order chi connectivity index (χ1) is 10.2. The molecule has 0 heterocycles. The Morgan fingerprint density at radius 1 is 1.10 bits per heavy atom. The number of carboxylic acids is 1. The van der Waals surface area contributed by atoms with Gasteiger partial charge in [-0.15, -0.1) is 0 Å². The maximum absolute atomic E-state index is 11.8. The predicted octanol–water partition coefficient (Wildman–Crippen LogP) is 3.82. The molecule has 1 atom stereocenters. The van der Waals surface area contributed by atoms with Crippen molar-refractivity contribution in [1.29, 1.82) is 5.26 Å². The van der Waals surface area contributed by atoms with E-state index in [1.54, 1.807) is 6.92 Å². The van der Waals surface area contributed by atoms with Crippen molar-refractivity contribution in [3.8, 4) is 6.07 Å². The molecule has 2 aromatic carbocycles. The van der Waals surface area contributed by atoms with Crippen LogP contribution < -0.4 is 0 Å². The molecule has 0 fully saturated rings. The highest BCUT2D eigenvalue weighted by atomic mass is 16.4. The Morgan fingerprint density at radius 3 is 1.81 bits per heavy atom. The van der Waals surface area contributed by atoms with Crippen LogP contribution in [0.15, 0.2) is 60.7 Å². The van der Waals surface area contributed by atoms with Gasteiger partial charge in [0.15, 0.2) is 5.41 Å². The van der Waals surface area contributed by atoms with Crippen LogP contribution in [0.1, 0.15) is 30.4 Å². The van der Waals surface area contributed by atoms with Gasteiger partial charge in [0, 0.05) is 5.92 Å². The van der Waals surface area contributed by atoms with Crippen molar-refractivity contribution in [3.63, 3.8) is 0 Å². The van der Waals surface area contributed by atoms with Crippen LogP contribution in [-0.4, -0.2) is 11.1 Å². The fourth-order valence-corrected chi connectivity index (χ4v) is 2.72. The first kappa shape index (κ1) is 14.8. The van der Waals surface area contributed by atoms with E-state index in [1.807, 2.05) is 60.7 Å². The molecular weight excluding hydrogens is 262 g/mol. The van der Waals surface area contributed by atoms with Gasteiger partial charge in [-0.2, -0.15) is 5.26 Å². The Hall–Kier alpha value is -2.60. The Kier molecular flexibility index (Phi) is 4.39. The molecule has 0 spiro atoms. The van der Waals surface area contributed by atoms with Crippen LogP contribution in [-0.2, 0) is 4.79 Å². The summed E-state index contributed by atoms with van der Waals surface area (Å²) in [5.41, 5.74) is 0.215. The van der Waals surface area contributed by atoms with Crippen molar-refractivity contribution in [2.45, 2.75) is 19.3 Å². The van der Waals surface area contributed by atoms with Gasteiger partial charge < -0.3 is 5.11 Å². The summed E-state index contributed by atoms with van der Waals surface area (Å²) in [5.74, 6) is -1.57. The minimum absolute atomic E-state index is 0.243. The van der Waals surface area contributed by atoms with Crippen LogP contribution in [0.25, 0.3) is 0 Å². The average molecular weight is 279 g/mol. The van der Waals surface area contributed by atoms with Gasteiger partial charge in [0.1, 0.15) is 0 Å². The van der Waals surface area contributed by atoms with E-state index in [9.17, 15) is 15.2 Å². The third-order valence-corrected chi connectivity index (χ3v) is 3.90. The monoisotopic (exact) mass is 279 g/mol. The van der Waals surface area contributed by atoms with Gasteiger partial charge in [-0.1, -0.05) is 67.6 Å². The third kappa shape index (κ3) is 2.66. The molecule has 0 aliphatic heterocycles. The van der Waals surface area contributed by atoms with Crippen LogP contribution in [0, 0.1) is 16.7 Å². The molecule has 0 radical (unpaired) electrons. The summed E-state index contributed by atoms with van der Waals surface area (Å²) in [6, 6.07) is 20.8. The molecule has 0 saturated heterocycles. The van der Waals surface area contributed by atoms with Gasteiger partial charge in [0.25, 0.3) is 0 Å². The molecule has 2 rings (SSSR count). The first-order valence-electron chi connectivity index (χ1n) is 6.90. The van der Waals surface area contributed by atoms with Crippen molar-refractivity contribution < 1.29 is 9.90 Å². The maximum Gasteiger partial charge on any atom is 0.325 e. The van der Waals surface area contributed by atoms with Crippen LogP contribution in [0.5, 0.6) is 0 Å². The van der Waals surface area contributed by atoms with Gasteiger partial charge in [0.05, 0.1) is 6.07 Å². The minimum atomic E-state index is -1.47. The number of aliphatic carboxylic acids is 1. The average Bonchev–Trinajstić information content (AvgIpc) is 2.54. The van der Waals surface area contributed by atoms with Crippen molar-refractivity contribution in [2.75, 3.05) is 0 Å². The molecule has 0 aliphatic carbocycles. The number of carboxylic acid groups (broad SMARTS) is 1. The molecule has 0 saturated carbocycles. The first-order valence-corrected chi connectivity index (χ1v) is 6.90. The van der Waals surface area contributed by atoms with Crippen molar-refractivity contribution in [3.05, 3.63) is 71.8 Å². The molecular formula is C18H17NO2. The van der Waals surface area contributed by atoms with Gasteiger partial charge in [-0.3, -0.25) is 4.79 Å². The molecule has 0 aliphatic rings. The highest BCUT2D eigenvalue weighted by Crippen LogP contribution is 2.43. The quantitative estimate of drug-likeness (QED) is 0.905. The Morgan fingerprint density at radius 2 is 1.52 bits per heavy atom. The molecule has 0 bridgehead atoms. The summed E-state index contributed by atoms with van der Waals surface area (Å²) < 4.78 is 0.